The summed E-state index contributed by atoms with van der Waals surface area (Å²) in [6.07, 6.45) is 0.313. The van der Waals surface area contributed by atoms with Crippen molar-refractivity contribution in [2.24, 2.45) is 0 Å². The van der Waals surface area contributed by atoms with Gasteiger partial charge in [-0.2, -0.15) is 4.98 Å². The number of rotatable bonds is 6. The van der Waals surface area contributed by atoms with Crippen LogP contribution in [0.15, 0.2) is 57.9 Å². The molecule has 0 radical (unpaired) electrons. The molecule has 3 aromatic rings. The number of hydrogen-bond donors (Lipinski definition) is 0. The molecule has 0 atom stereocenters. The molecule has 3 rings (SSSR count). The van der Waals surface area contributed by atoms with Crippen molar-refractivity contribution in [1.82, 2.24) is 14.4 Å². The van der Waals surface area contributed by atoms with Gasteiger partial charge in [-0.3, -0.25) is 0 Å². The van der Waals surface area contributed by atoms with Crippen LogP contribution in [0, 0.1) is 0 Å². The fraction of sp³-hybridized carbons (Fsp3) is 0.176. The van der Waals surface area contributed by atoms with Gasteiger partial charge in [0.1, 0.15) is 0 Å². The van der Waals surface area contributed by atoms with E-state index in [0.29, 0.717) is 28.2 Å². The van der Waals surface area contributed by atoms with Crippen molar-refractivity contribution >= 4 is 33.2 Å². The van der Waals surface area contributed by atoms with Crippen LogP contribution in [-0.2, 0) is 16.4 Å². The lowest BCUT2D eigenvalue weighted by atomic mass is 10.2. The first kappa shape index (κ1) is 18.8. The molecule has 0 aliphatic heterocycles. The first-order valence-corrected chi connectivity index (χ1v) is 9.86. The lowest BCUT2D eigenvalue weighted by Gasteiger charge is -2.16. The van der Waals surface area contributed by atoms with Crippen molar-refractivity contribution in [2.45, 2.75) is 11.3 Å². The Hall–Kier alpha value is -1.93. The summed E-state index contributed by atoms with van der Waals surface area (Å²) in [5.74, 6) is 0.778. The Morgan fingerprint density at radius 2 is 1.81 bits per heavy atom. The molecule has 0 unspecified atom stereocenters. The zero-order chi connectivity index (χ0) is 18.7. The van der Waals surface area contributed by atoms with Gasteiger partial charge in [0.05, 0.1) is 4.90 Å². The summed E-state index contributed by atoms with van der Waals surface area (Å²) in [6.45, 7) is 0.203. The molecule has 0 saturated carbocycles. The van der Waals surface area contributed by atoms with Crippen molar-refractivity contribution in [3.63, 3.8) is 0 Å². The van der Waals surface area contributed by atoms with Crippen molar-refractivity contribution in [3.05, 3.63) is 64.4 Å². The number of aromatic nitrogens is 2. The van der Waals surface area contributed by atoms with E-state index in [2.05, 4.69) is 10.1 Å². The Morgan fingerprint density at radius 1 is 1.08 bits per heavy atom. The predicted molar refractivity (Wildman–Crippen MR) is 99.7 cm³/mol. The highest BCUT2D eigenvalue weighted by atomic mass is 35.5. The van der Waals surface area contributed by atoms with E-state index in [1.165, 1.54) is 23.5 Å². The number of nitrogens with zero attached hydrogens (tertiary/aromatic N) is 3. The normalized spacial score (nSPS) is 11.8. The van der Waals surface area contributed by atoms with Gasteiger partial charge >= 0.3 is 0 Å². The van der Waals surface area contributed by atoms with Gasteiger partial charge in [-0.05, 0) is 42.5 Å². The fourth-order valence-electron chi connectivity index (χ4n) is 2.25. The molecule has 0 amide bonds. The predicted octanol–water partition coefficient (Wildman–Crippen LogP) is 3.91. The Morgan fingerprint density at radius 3 is 2.50 bits per heavy atom. The molecule has 9 heteroatoms. The quantitative estimate of drug-likeness (QED) is 0.614. The van der Waals surface area contributed by atoms with Crippen LogP contribution in [0.5, 0.6) is 0 Å². The summed E-state index contributed by atoms with van der Waals surface area (Å²) in [5, 5.41) is 4.87. The van der Waals surface area contributed by atoms with Crippen LogP contribution in [0.25, 0.3) is 11.5 Å². The first-order valence-electron chi connectivity index (χ1n) is 7.67. The average Bonchev–Trinajstić information content (AvgIpc) is 3.09. The average molecular weight is 412 g/mol. The zero-order valence-corrected chi connectivity index (χ0v) is 16.1. The molecular weight excluding hydrogens is 397 g/mol. The third kappa shape index (κ3) is 4.24. The second-order valence-electron chi connectivity index (χ2n) is 5.56. The minimum absolute atomic E-state index is 0.141. The van der Waals surface area contributed by atoms with Gasteiger partial charge in [-0.1, -0.05) is 34.4 Å². The second-order valence-corrected chi connectivity index (χ2v) is 8.47. The van der Waals surface area contributed by atoms with Crippen molar-refractivity contribution in [2.75, 3.05) is 13.6 Å². The topological polar surface area (TPSA) is 76.3 Å². The molecule has 1 aromatic heterocycles. The Bertz CT molecular complexity index is 1000. The van der Waals surface area contributed by atoms with E-state index in [0.717, 1.165) is 5.56 Å². The van der Waals surface area contributed by atoms with Gasteiger partial charge in [-0.25, -0.2) is 12.7 Å². The van der Waals surface area contributed by atoms with Gasteiger partial charge in [0, 0.05) is 35.6 Å². The summed E-state index contributed by atoms with van der Waals surface area (Å²) in [4.78, 5) is 4.43. The monoisotopic (exact) mass is 411 g/mol. The van der Waals surface area contributed by atoms with E-state index in [9.17, 15) is 8.42 Å². The fourth-order valence-corrected chi connectivity index (χ4v) is 3.85. The number of halogens is 2. The maximum atomic E-state index is 12.6. The first-order chi connectivity index (χ1) is 12.4. The highest BCUT2D eigenvalue weighted by Gasteiger charge is 2.21. The van der Waals surface area contributed by atoms with Crippen molar-refractivity contribution < 1.29 is 12.9 Å². The molecule has 2 aromatic carbocycles. The molecule has 0 N–H and O–H groups in total. The standard InChI is InChI=1S/C17H15Cl2N3O3S/c1-22(26(23,24)15-4-2-3-14(19)11-15)10-9-16-20-17(25-21-16)12-5-7-13(18)8-6-12/h2-8,11H,9-10H2,1H3. The Labute approximate surface area is 161 Å². The third-order valence-electron chi connectivity index (χ3n) is 3.71. The van der Waals surface area contributed by atoms with Gasteiger partial charge < -0.3 is 4.52 Å². The summed E-state index contributed by atoms with van der Waals surface area (Å²) < 4.78 is 31.6. The molecule has 0 fully saturated rings. The number of sulfonamides is 1. The number of benzene rings is 2. The van der Waals surface area contributed by atoms with Crippen LogP contribution < -0.4 is 0 Å². The van der Waals surface area contributed by atoms with E-state index in [-0.39, 0.29) is 11.4 Å². The van der Waals surface area contributed by atoms with E-state index in [1.54, 1.807) is 36.4 Å². The second kappa shape index (κ2) is 7.75. The Kier molecular flexibility index (Phi) is 5.62. The lowest BCUT2D eigenvalue weighted by Crippen LogP contribution is -2.29. The maximum Gasteiger partial charge on any atom is 0.257 e. The highest BCUT2D eigenvalue weighted by Crippen LogP contribution is 2.21. The van der Waals surface area contributed by atoms with Crippen LogP contribution in [0.4, 0.5) is 0 Å². The zero-order valence-electron chi connectivity index (χ0n) is 13.8. The van der Waals surface area contributed by atoms with Gasteiger partial charge in [0.15, 0.2) is 5.82 Å². The largest absolute Gasteiger partial charge is 0.334 e. The molecule has 0 aliphatic rings. The minimum Gasteiger partial charge on any atom is -0.334 e. The van der Waals surface area contributed by atoms with Gasteiger partial charge in [-0.15, -0.1) is 0 Å². The molecule has 0 saturated heterocycles. The van der Waals surface area contributed by atoms with E-state index in [1.807, 2.05) is 0 Å². The summed E-state index contributed by atoms with van der Waals surface area (Å²) in [6, 6.07) is 13.1. The molecule has 1 heterocycles. The van der Waals surface area contributed by atoms with Crippen molar-refractivity contribution in [1.29, 1.82) is 0 Å². The Balaban J connectivity index is 1.68. The molecule has 0 aliphatic carbocycles. The SMILES string of the molecule is CN(CCc1noc(-c2ccc(Cl)cc2)n1)S(=O)(=O)c1cccc(Cl)c1. The number of hydrogen-bond acceptors (Lipinski definition) is 5. The summed E-state index contributed by atoms with van der Waals surface area (Å²) in [5.41, 5.74) is 0.744. The molecule has 26 heavy (non-hydrogen) atoms. The van der Waals surface area contributed by atoms with Crippen LogP contribution in [0.1, 0.15) is 5.82 Å². The van der Waals surface area contributed by atoms with Crippen LogP contribution in [-0.4, -0.2) is 36.5 Å². The molecular formula is C17H15Cl2N3O3S. The molecule has 0 spiro atoms. The van der Waals surface area contributed by atoms with Gasteiger partial charge in [0.25, 0.3) is 5.89 Å². The van der Waals surface area contributed by atoms with Crippen molar-refractivity contribution in [3.8, 4) is 11.5 Å². The van der Waals surface area contributed by atoms with E-state index >= 15 is 0 Å². The third-order valence-corrected chi connectivity index (χ3v) is 6.05. The summed E-state index contributed by atoms with van der Waals surface area (Å²) in [7, 11) is -2.14. The van der Waals surface area contributed by atoms with E-state index < -0.39 is 10.0 Å². The van der Waals surface area contributed by atoms with Crippen LogP contribution in [0.3, 0.4) is 0 Å². The van der Waals surface area contributed by atoms with E-state index in [4.69, 9.17) is 27.7 Å². The minimum atomic E-state index is -3.63. The van der Waals surface area contributed by atoms with Crippen LogP contribution >= 0.6 is 23.2 Å². The maximum absolute atomic E-state index is 12.6. The molecule has 136 valence electrons. The molecule has 6 nitrogen and oxygen atoms in total. The number of likely N-dealkylation sites (N-methyl/N-ethyl adjacent to an activating group) is 1. The van der Waals surface area contributed by atoms with Crippen LogP contribution in [0.2, 0.25) is 10.0 Å². The summed E-state index contributed by atoms with van der Waals surface area (Å²) >= 11 is 11.7. The van der Waals surface area contributed by atoms with Gasteiger partial charge in [0.2, 0.25) is 10.0 Å². The smallest absolute Gasteiger partial charge is 0.257 e. The lowest BCUT2D eigenvalue weighted by molar-refractivity contribution is 0.415. The molecule has 0 bridgehead atoms. The highest BCUT2D eigenvalue weighted by molar-refractivity contribution is 7.89.